The van der Waals surface area contributed by atoms with Gasteiger partial charge in [-0.15, -0.1) is 0 Å². The normalized spacial score (nSPS) is 11.5. The number of thioether (sulfide) groups is 1. The van der Waals surface area contributed by atoms with Crippen molar-refractivity contribution in [1.82, 2.24) is 0 Å². The number of hydrogen-bond acceptors (Lipinski definition) is 3. The Balaban J connectivity index is 3.03. The molecule has 0 atom stereocenters. The SMILES string of the molecule is CC(=O)Sc1ccc(C(C)(C)C)cc1N. The summed E-state index contributed by atoms with van der Waals surface area (Å²) in [7, 11) is 0. The number of hydrogen-bond donors (Lipinski definition) is 1. The van der Waals surface area contributed by atoms with Crippen LogP contribution < -0.4 is 5.73 Å². The first-order chi connectivity index (χ1) is 6.80. The van der Waals surface area contributed by atoms with Gasteiger partial charge in [0.1, 0.15) is 0 Å². The van der Waals surface area contributed by atoms with Crippen LogP contribution in [0.1, 0.15) is 33.3 Å². The predicted octanol–water partition coefficient (Wildman–Crippen LogP) is 3.20. The van der Waals surface area contributed by atoms with E-state index in [0.29, 0.717) is 5.69 Å². The molecule has 0 fully saturated rings. The van der Waals surface area contributed by atoms with Gasteiger partial charge in [0, 0.05) is 17.5 Å². The molecule has 0 aliphatic carbocycles. The van der Waals surface area contributed by atoms with Crippen LogP contribution >= 0.6 is 11.8 Å². The van der Waals surface area contributed by atoms with Crippen LogP contribution in [0.25, 0.3) is 0 Å². The highest BCUT2D eigenvalue weighted by Gasteiger charge is 2.15. The molecule has 0 amide bonds. The van der Waals surface area contributed by atoms with E-state index in [1.54, 1.807) is 6.92 Å². The van der Waals surface area contributed by atoms with E-state index in [-0.39, 0.29) is 10.5 Å². The van der Waals surface area contributed by atoms with Gasteiger partial charge in [-0.2, -0.15) is 0 Å². The van der Waals surface area contributed by atoms with Crippen LogP contribution in [0, 0.1) is 0 Å². The quantitative estimate of drug-likeness (QED) is 0.587. The maximum absolute atomic E-state index is 11.0. The molecule has 15 heavy (non-hydrogen) atoms. The van der Waals surface area contributed by atoms with Crippen molar-refractivity contribution in [3.8, 4) is 0 Å². The maximum Gasteiger partial charge on any atom is 0.190 e. The lowest BCUT2D eigenvalue weighted by atomic mass is 9.87. The van der Waals surface area contributed by atoms with Crippen LogP contribution in [0.2, 0.25) is 0 Å². The van der Waals surface area contributed by atoms with E-state index in [9.17, 15) is 4.79 Å². The highest BCUT2D eigenvalue weighted by molar-refractivity contribution is 8.13. The molecule has 3 heteroatoms. The number of rotatable bonds is 1. The van der Waals surface area contributed by atoms with Gasteiger partial charge >= 0.3 is 0 Å². The van der Waals surface area contributed by atoms with Gasteiger partial charge in [0.25, 0.3) is 0 Å². The minimum atomic E-state index is 0.0604. The molecule has 2 N–H and O–H groups in total. The molecule has 0 aromatic heterocycles. The van der Waals surface area contributed by atoms with Gasteiger partial charge in [0.15, 0.2) is 5.12 Å². The molecule has 82 valence electrons. The van der Waals surface area contributed by atoms with Crippen molar-refractivity contribution in [3.63, 3.8) is 0 Å². The van der Waals surface area contributed by atoms with Gasteiger partial charge in [-0.05, 0) is 23.1 Å². The Hall–Kier alpha value is -0.960. The average Bonchev–Trinajstić information content (AvgIpc) is 2.05. The van der Waals surface area contributed by atoms with Crippen LogP contribution in [0.3, 0.4) is 0 Å². The third-order valence-corrected chi connectivity index (χ3v) is 3.01. The topological polar surface area (TPSA) is 43.1 Å². The summed E-state index contributed by atoms with van der Waals surface area (Å²) in [6.45, 7) is 7.96. The molecular formula is C12H17NOS. The average molecular weight is 223 g/mol. The molecular weight excluding hydrogens is 206 g/mol. The molecule has 1 rings (SSSR count). The summed E-state index contributed by atoms with van der Waals surface area (Å²) in [5.41, 5.74) is 7.85. The van der Waals surface area contributed by atoms with Gasteiger partial charge in [0.2, 0.25) is 0 Å². The summed E-state index contributed by atoms with van der Waals surface area (Å²) in [6, 6.07) is 5.90. The lowest BCUT2D eigenvalue weighted by Crippen LogP contribution is -2.11. The number of carbonyl (C=O) groups is 1. The zero-order valence-electron chi connectivity index (χ0n) is 9.63. The Kier molecular flexibility index (Phi) is 3.45. The van der Waals surface area contributed by atoms with Crippen molar-refractivity contribution >= 4 is 22.6 Å². The van der Waals surface area contributed by atoms with E-state index < -0.39 is 0 Å². The van der Waals surface area contributed by atoms with Crippen molar-refractivity contribution in [2.24, 2.45) is 0 Å². The number of anilines is 1. The summed E-state index contributed by atoms with van der Waals surface area (Å²) in [5.74, 6) is 0. The van der Waals surface area contributed by atoms with Crippen molar-refractivity contribution < 1.29 is 4.79 Å². The maximum atomic E-state index is 11.0. The molecule has 1 aromatic rings. The summed E-state index contributed by atoms with van der Waals surface area (Å²) in [6.07, 6.45) is 0. The highest BCUT2D eigenvalue weighted by atomic mass is 32.2. The van der Waals surface area contributed by atoms with Gasteiger partial charge in [0.05, 0.1) is 0 Å². The smallest absolute Gasteiger partial charge is 0.190 e. The number of nitrogens with two attached hydrogens (primary N) is 1. The first kappa shape index (κ1) is 12.1. The van der Waals surface area contributed by atoms with Crippen molar-refractivity contribution in [2.45, 2.75) is 38.0 Å². The highest BCUT2D eigenvalue weighted by Crippen LogP contribution is 2.30. The molecule has 0 aliphatic rings. The molecule has 0 aliphatic heterocycles. The van der Waals surface area contributed by atoms with Crippen molar-refractivity contribution in [3.05, 3.63) is 23.8 Å². The molecule has 0 saturated carbocycles. The Morgan fingerprint density at radius 3 is 2.33 bits per heavy atom. The predicted molar refractivity (Wildman–Crippen MR) is 66.1 cm³/mol. The second-order valence-corrected chi connectivity index (χ2v) is 5.82. The zero-order valence-corrected chi connectivity index (χ0v) is 10.4. The summed E-state index contributed by atoms with van der Waals surface area (Å²) >= 11 is 1.18. The van der Waals surface area contributed by atoms with E-state index >= 15 is 0 Å². The molecule has 0 saturated heterocycles. The Morgan fingerprint density at radius 1 is 1.33 bits per heavy atom. The van der Waals surface area contributed by atoms with Crippen LogP contribution in [0.15, 0.2) is 23.1 Å². The first-order valence-electron chi connectivity index (χ1n) is 4.89. The van der Waals surface area contributed by atoms with Crippen LogP contribution in [0.4, 0.5) is 5.69 Å². The van der Waals surface area contributed by atoms with Crippen LogP contribution in [-0.2, 0) is 10.2 Å². The fourth-order valence-corrected chi connectivity index (χ4v) is 1.89. The molecule has 0 spiro atoms. The molecule has 2 nitrogen and oxygen atoms in total. The third kappa shape index (κ3) is 3.27. The third-order valence-electron chi connectivity index (χ3n) is 2.13. The monoisotopic (exact) mass is 223 g/mol. The minimum Gasteiger partial charge on any atom is -0.398 e. The van der Waals surface area contributed by atoms with E-state index in [2.05, 4.69) is 20.8 Å². The van der Waals surface area contributed by atoms with Gasteiger partial charge in [-0.25, -0.2) is 0 Å². The van der Waals surface area contributed by atoms with Crippen LogP contribution in [0.5, 0.6) is 0 Å². The summed E-state index contributed by atoms with van der Waals surface area (Å²) in [4.78, 5) is 11.8. The number of benzene rings is 1. The second kappa shape index (κ2) is 4.27. The Bertz CT molecular complexity index is 380. The van der Waals surface area contributed by atoms with E-state index in [4.69, 9.17) is 5.73 Å². The fourth-order valence-electron chi connectivity index (χ4n) is 1.26. The second-order valence-electron chi connectivity index (χ2n) is 4.60. The molecule has 0 bridgehead atoms. The van der Waals surface area contributed by atoms with E-state index in [1.807, 2.05) is 18.2 Å². The molecule has 0 unspecified atom stereocenters. The standard InChI is InChI=1S/C12H17NOS/c1-8(14)15-11-6-5-9(7-10(11)13)12(2,3)4/h5-7H,13H2,1-4H3. The Morgan fingerprint density at radius 2 is 1.93 bits per heavy atom. The molecule has 0 heterocycles. The lowest BCUT2D eigenvalue weighted by molar-refractivity contribution is -0.109. The first-order valence-corrected chi connectivity index (χ1v) is 5.71. The zero-order chi connectivity index (χ0) is 11.6. The Labute approximate surface area is 95.2 Å². The van der Waals surface area contributed by atoms with E-state index in [0.717, 1.165) is 4.90 Å². The fraction of sp³-hybridized carbons (Fsp3) is 0.417. The molecule has 0 radical (unpaired) electrons. The van der Waals surface area contributed by atoms with Crippen LogP contribution in [-0.4, -0.2) is 5.12 Å². The number of nitrogen functional groups attached to an aromatic ring is 1. The van der Waals surface area contributed by atoms with Gasteiger partial charge in [-0.1, -0.05) is 38.6 Å². The van der Waals surface area contributed by atoms with Gasteiger partial charge in [-0.3, -0.25) is 4.79 Å². The van der Waals surface area contributed by atoms with Crippen molar-refractivity contribution in [1.29, 1.82) is 0 Å². The van der Waals surface area contributed by atoms with Gasteiger partial charge < -0.3 is 5.73 Å². The summed E-state index contributed by atoms with van der Waals surface area (Å²) in [5, 5.41) is 0.0604. The van der Waals surface area contributed by atoms with E-state index in [1.165, 1.54) is 17.3 Å². The lowest BCUT2D eigenvalue weighted by Gasteiger charge is -2.20. The minimum absolute atomic E-state index is 0.0604. The molecule has 1 aromatic carbocycles. The van der Waals surface area contributed by atoms with Crippen molar-refractivity contribution in [2.75, 3.05) is 5.73 Å². The largest absolute Gasteiger partial charge is 0.398 e. The summed E-state index contributed by atoms with van der Waals surface area (Å²) < 4.78 is 0. The number of carbonyl (C=O) groups excluding carboxylic acids is 1.